The highest BCUT2D eigenvalue weighted by Gasteiger charge is 2.20. The van der Waals surface area contributed by atoms with E-state index >= 15 is 0 Å². The van der Waals surface area contributed by atoms with E-state index in [9.17, 15) is 14.4 Å². The molecule has 1 aromatic carbocycles. The number of nitrogens with zero attached hydrogens (tertiary/aromatic N) is 3. The molecule has 0 saturated heterocycles. The molecule has 0 aliphatic carbocycles. The molecular formula is C17H16ClN3O5. The summed E-state index contributed by atoms with van der Waals surface area (Å²) >= 11 is 6.15. The van der Waals surface area contributed by atoms with Crippen molar-refractivity contribution < 1.29 is 9.47 Å². The molecule has 26 heavy (non-hydrogen) atoms. The van der Waals surface area contributed by atoms with Gasteiger partial charge in [-0.2, -0.15) is 0 Å². The van der Waals surface area contributed by atoms with Crippen LogP contribution in [0.25, 0.3) is 0 Å². The largest absolute Gasteiger partial charge is 0.454 e. The van der Waals surface area contributed by atoms with Crippen LogP contribution in [0, 0.1) is 0 Å². The van der Waals surface area contributed by atoms with Gasteiger partial charge in [-0.05, 0) is 17.7 Å². The van der Waals surface area contributed by atoms with Crippen molar-refractivity contribution in [1.82, 2.24) is 13.7 Å². The number of fused-ring (bicyclic) bond motifs is 1. The fraction of sp³-hybridized carbons (Fsp3) is 0.235. The van der Waals surface area contributed by atoms with E-state index in [4.69, 9.17) is 21.1 Å². The SMILES string of the molecule is C=CCn1c(=O)n(CC=C)c(=O)n(Cc2cc(Cl)c3c(c2)OCO3)c1=O. The number of aromatic nitrogens is 3. The third kappa shape index (κ3) is 2.99. The Balaban J connectivity index is 2.16. The maximum Gasteiger partial charge on any atom is 0.336 e. The number of hydrogen-bond donors (Lipinski definition) is 0. The van der Waals surface area contributed by atoms with E-state index in [0.29, 0.717) is 22.1 Å². The molecule has 0 N–H and O–H groups in total. The highest BCUT2D eigenvalue weighted by molar-refractivity contribution is 6.32. The van der Waals surface area contributed by atoms with E-state index in [1.807, 2.05) is 0 Å². The lowest BCUT2D eigenvalue weighted by molar-refractivity contribution is 0.174. The van der Waals surface area contributed by atoms with Gasteiger partial charge in [-0.1, -0.05) is 23.8 Å². The lowest BCUT2D eigenvalue weighted by Gasteiger charge is -2.12. The Morgan fingerprint density at radius 3 is 2.12 bits per heavy atom. The van der Waals surface area contributed by atoms with Crippen LogP contribution >= 0.6 is 11.6 Å². The predicted molar refractivity (Wildman–Crippen MR) is 96.3 cm³/mol. The standard InChI is InChI=1S/C17H16ClN3O5/c1-3-5-19-15(22)20(6-4-2)17(24)21(16(19)23)9-11-7-12(18)14-13(8-11)25-10-26-14/h3-4,7-8H,1-2,5-6,9-10H2. The van der Waals surface area contributed by atoms with Gasteiger partial charge < -0.3 is 9.47 Å². The molecule has 0 radical (unpaired) electrons. The molecule has 0 spiro atoms. The van der Waals surface area contributed by atoms with Gasteiger partial charge in [0.15, 0.2) is 11.5 Å². The summed E-state index contributed by atoms with van der Waals surface area (Å²) in [5, 5.41) is 0.314. The molecule has 0 atom stereocenters. The van der Waals surface area contributed by atoms with Crippen LogP contribution in [0.1, 0.15) is 5.56 Å². The van der Waals surface area contributed by atoms with E-state index in [2.05, 4.69) is 13.2 Å². The van der Waals surface area contributed by atoms with Gasteiger partial charge in [0.1, 0.15) is 0 Å². The molecule has 0 fully saturated rings. The Morgan fingerprint density at radius 1 is 0.962 bits per heavy atom. The maximum atomic E-state index is 12.6. The second kappa shape index (κ2) is 7.09. The summed E-state index contributed by atoms with van der Waals surface area (Å²) in [6, 6.07) is 3.22. The Labute approximate surface area is 152 Å². The van der Waals surface area contributed by atoms with E-state index < -0.39 is 17.1 Å². The summed E-state index contributed by atoms with van der Waals surface area (Å²) in [4.78, 5) is 37.6. The molecule has 1 aliphatic rings. The van der Waals surface area contributed by atoms with Crippen LogP contribution in [-0.2, 0) is 19.6 Å². The van der Waals surface area contributed by atoms with Gasteiger partial charge in [-0.25, -0.2) is 28.1 Å². The summed E-state index contributed by atoms with van der Waals surface area (Å²) in [6.45, 7) is 7.01. The van der Waals surface area contributed by atoms with Gasteiger partial charge >= 0.3 is 17.1 Å². The predicted octanol–water partition coefficient (Wildman–Crippen LogP) is 0.974. The molecule has 0 bridgehead atoms. The summed E-state index contributed by atoms with van der Waals surface area (Å²) < 4.78 is 13.4. The lowest BCUT2D eigenvalue weighted by atomic mass is 10.2. The number of rotatable bonds is 6. The third-order valence-corrected chi connectivity index (χ3v) is 4.12. The van der Waals surface area contributed by atoms with Crippen molar-refractivity contribution in [2.24, 2.45) is 0 Å². The molecule has 0 saturated carbocycles. The van der Waals surface area contributed by atoms with Gasteiger partial charge in [0.25, 0.3) is 0 Å². The molecule has 8 nitrogen and oxygen atoms in total. The zero-order valence-electron chi connectivity index (χ0n) is 13.8. The van der Waals surface area contributed by atoms with Crippen LogP contribution in [0.5, 0.6) is 11.5 Å². The second-order valence-electron chi connectivity index (χ2n) is 5.54. The van der Waals surface area contributed by atoms with Crippen molar-refractivity contribution in [2.45, 2.75) is 19.6 Å². The molecule has 0 amide bonds. The highest BCUT2D eigenvalue weighted by atomic mass is 35.5. The van der Waals surface area contributed by atoms with Crippen LogP contribution in [0.4, 0.5) is 0 Å². The summed E-state index contributed by atoms with van der Waals surface area (Å²) in [7, 11) is 0. The summed E-state index contributed by atoms with van der Waals surface area (Å²) in [6.07, 6.45) is 2.82. The van der Waals surface area contributed by atoms with Crippen molar-refractivity contribution in [3.8, 4) is 11.5 Å². The van der Waals surface area contributed by atoms with Crippen molar-refractivity contribution in [2.75, 3.05) is 6.79 Å². The number of halogens is 1. The normalized spacial score (nSPS) is 12.2. The Kier molecular flexibility index (Phi) is 4.85. The average molecular weight is 378 g/mol. The van der Waals surface area contributed by atoms with E-state index in [1.54, 1.807) is 12.1 Å². The summed E-state index contributed by atoms with van der Waals surface area (Å²) in [5.41, 5.74) is -1.60. The van der Waals surface area contributed by atoms with Gasteiger partial charge in [-0.3, -0.25) is 0 Å². The average Bonchev–Trinajstić information content (AvgIpc) is 3.08. The molecule has 136 valence electrons. The summed E-state index contributed by atoms with van der Waals surface area (Å²) in [5.74, 6) is 0.856. The quantitative estimate of drug-likeness (QED) is 0.700. The molecule has 3 rings (SSSR count). The van der Waals surface area contributed by atoms with Crippen LogP contribution in [0.15, 0.2) is 51.8 Å². The molecule has 2 heterocycles. The van der Waals surface area contributed by atoms with E-state index in [0.717, 1.165) is 13.7 Å². The van der Waals surface area contributed by atoms with Gasteiger partial charge in [0.2, 0.25) is 6.79 Å². The first-order valence-corrected chi connectivity index (χ1v) is 8.10. The monoisotopic (exact) mass is 377 g/mol. The van der Waals surface area contributed by atoms with Gasteiger partial charge in [0.05, 0.1) is 24.7 Å². The molecule has 1 aromatic heterocycles. The maximum absolute atomic E-state index is 12.6. The van der Waals surface area contributed by atoms with Gasteiger partial charge in [-0.15, -0.1) is 13.2 Å². The van der Waals surface area contributed by atoms with Crippen LogP contribution in [0.2, 0.25) is 5.02 Å². The Morgan fingerprint density at radius 2 is 1.54 bits per heavy atom. The molecule has 2 aromatic rings. The number of benzene rings is 1. The fourth-order valence-electron chi connectivity index (χ4n) is 2.68. The zero-order chi connectivity index (χ0) is 18.8. The lowest BCUT2D eigenvalue weighted by Crippen LogP contribution is -2.54. The smallest absolute Gasteiger partial charge is 0.336 e. The van der Waals surface area contributed by atoms with Crippen molar-refractivity contribution in [3.63, 3.8) is 0 Å². The zero-order valence-corrected chi connectivity index (χ0v) is 14.6. The number of ether oxygens (including phenoxy) is 2. The third-order valence-electron chi connectivity index (χ3n) is 3.84. The van der Waals surface area contributed by atoms with Crippen LogP contribution < -0.4 is 26.5 Å². The molecular weight excluding hydrogens is 362 g/mol. The van der Waals surface area contributed by atoms with Crippen molar-refractivity contribution in [3.05, 3.63) is 79.5 Å². The Bertz CT molecular complexity index is 1020. The van der Waals surface area contributed by atoms with Crippen molar-refractivity contribution >= 4 is 11.6 Å². The van der Waals surface area contributed by atoms with Gasteiger partial charge in [0, 0.05) is 0 Å². The van der Waals surface area contributed by atoms with Crippen LogP contribution in [-0.4, -0.2) is 20.5 Å². The fourth-order valence-corrected chi connectivity index (χ4v) is 2.97. The minimum absolute atomic E-state index is 0.0169. The topological polar surface area (TPSA) is 84.5 Å². The number of allylic oxidation sites excluding steroid dienone is 2. The molecule has 9 heteroatoms. The Hall–Kier alpha value is -3.00. The second-order valence-corrected chi connectivity index (χ2v) is 5.95. The first-order valence-electron chi connectivity index (χ1n) is 7.72. The molecule has 1 aliphatic heterocycles. The van der Waals surface area contributed by atoms with Crippen molar-refractivity contribution in [1.29, 1.82) is 0 Å². The minimum atomic E-state index is -0.728. The van der Waals surface area contributed by atoms with E-state index in [1.165, 1.54) is 12.2 Å². The van der Waals surface area contributed by atoms with E-state index in [-0.39, 0.29) is 26.4 Å². The highest BCUT2D eigenvalue weighted by Crippen LogP contribution is 2.39. The molecule has 0 unspecified atom stereocenters. The first kappa shape index (κ1) is 17.8. The van der Waals surface area contributed by atoms with Crippen LogP contribution in [0.3, 0.4) is 0 Å². The minimum Gasteiger partial charge on any atom is -0.454 e. The number of hydrogen-bond acceptors (Lipinski definition) is 5. The first-order chi connectivity index (χ1) is 12.5.